The van der Waals surface area contributed by atoms with E-state index in [9.17, 15) is 4.79 Å². The molecule has 0 unspecified atom stereocenters. The van der Waals surface area contributed by atoms with Gasteiger partial charge in [-0.25, -0.2) is 4.79 Å². The van der Waals surface area contributed by atoms with Gasteiger partial charge in [-0.1, -0.05) is 24.3 Å². The molecule has 2 rings (SSSR count). The highest BCUT2D eigenvalue weighted by molar-refractivity contribution is 5.40. The number of carbonyl (C=O) groups excluding carboxylic acids is 1. The van der Waals surface area contributed by atoms with Crippen LogP contribution >= 0.6 is 0 Å². The van der Waals surface area contributed by atoms with Crippen molar-refractivity contribution in [2.45, 2.75) is 31.2 Å². The Labute approximate surface area is 102 Å². The molecule has 17 heavy (non-hydrogen) atoms. The second-order valence-corrected chi connectivity index (χ2v) is 4.53. The standard InChI is InChI=1S/C14H17NO2/c1-17-10-7-12-3-5-13(6-4-12)14(15-11-16)8-2-9-14/h3-6H,2,7-10H2,1H3. The zero-order chi connectivity index (χ0) is 12.1. The number of hydrogen-bond acceptors (Lipinski definition) is 3. The second-order valence-electron chi connectivity index (χ2n) is 4.53. The average molecular weight is 231 g/mol. The quantitative estimate of drug-likeness (QED) is 0.577. The predicted octanol–water partition coefficient (Wildman–Crippen LogP) is 2.59. The van der Waals surface area contributed by atoms with Gasteiger partial charge in [0, 0.05) is 7.11 Å². The maximum absolute atomic E-state index is 10.5. The molecule has 1 aromatic carbocycles. The second kappa shape index (κ2) is 5.26. The molecule has 0 atom stereocenters. The van der Waals surface area contributed by atoms with Crippen molar-refractivity contribution in [1.82, 2.24) is 0 Å². The van der Waals surface area contributed by atoms with Gasteiger partial charge in [-0.05, 0) is 36.8 Å². The molecule has 1 aliphatic carbocycles. The molecular formula is C14H17NO2. The summed E-state index contributed by atoms with van der Waals surface area (Å²) in [5.74, 6) is 0. The fraction of sp³-hybridized carbons (Fsp3) is 0.500. The normalized spacial score (nSPS) is 17.0. The minimum Gasteiger partial charge on any atom is -0.384 e. The van der Waals surface area contributed by atoms with Crippen LogP contribution in [-0.4, -0.2) is 19.8 Å². The van der Waals surface area contributed by atoms with E-state index in [1.54, 1.807) is 13.2 Å². The molecule has 0 radical (unpaired) electrons. The summed E-state index contributed by atoms with van der Waals surface area (Å²) < 4.78 is 5.04. The van der Waals surface area contributed by atoms with Gasteiger partial charge in [0.2, 0.25) is 6.08 Å². The number of ether oxygens (including phenoxy) is 1. The maximum Gasteiger partial charge on any atom is 0.235 e. The largest absolute Gasteiger partial charge is 0.384 e. The third-order valence-electron chi connectivity index (χ3n) is 3.53. The highest BCUT2D eigenvalue weighted by Gasteiger charge is 2.38. The van der Waals surface area contributed by atoms with Gasteiger partial charge in [0.15, 0.2) is 0 Å². The van der Waals surface area contributed by atoms with Crippen molar-refractivity contribution in [1.29, 1.82) is 0 Å². The summed E-state index contributed by atoms with van der Waals surface area (Å²) >= 11 is 0. The SMILES string of the molecule is COCCc1ccc(C2(N=C=O)CCC2)cc1. The van der Waals surface area contributed by atoms with Gasteiger partial charge in [0.25, 0.3) is 0 Å². The molecule has 0 saturated heterocycles. The monoisotopic (exact) mass is 231 g/mol. The maximum atomic E-state index is 10.5. The van der Waals surface area contributed by atoms with Gasteiger partial charge >= 0.3 is 0 Å². The number of isocyanates is 1. The van der Waals surface area contributed by atoms with Crippen molar-refractivity contribution in [3.63, 3.8) is 0 Å². The van der Waals surface area contributed by atoms with E-state index in [1.165, 1.54) is 5.56 Å². The fourth-order valence-electron chi connectivity index (χ4n) is 2.27. The van der Waals surface area contributed by atoms with Crippen LogP contribution < -0.4 is 0 Å². The van der Waals surface area contributed by atoms with Crippen LogP contribution in [0.1, 0.15) is 30.4 Å². The van der Waals surface area contributed by atoms with E-state index < -0.39 is 0 Å². The van der Waals surface area contributed by atoms with Crippen LogP contribution in [0.4, 0.5) is 0 Å². The third-order valence-corrected chi connectivity index (χ3v) is 3.53. The molecule has 3 heteroatoms. The van der Waals surface area contributed by atoms with Crippen molar-refractivity contribution in [2.24, 2.45) is 4.99 Å². The Morgan fingerprint density at radius 3 is 2.53 bits per heavy atom. The molecule has 0 aliphatic heterocycles. The zero-order valence-corrected chi connectivity index (χ0v) is 10.1. The van der Waals surface area contributed by atoms with Crippen molar-refractivity contribution in [2.75, 3.05) is 13.7 Å². The smallest absolute Gasteiger partial charge is 0.235 e. The Morgan fingerprint density at radius 2 is 2.06 bits per heavy atom. The van der Waals surface area contributed by atoms with Gasteiger partial charge < -0.3 is 4.74 Å². The van der Waals surface area contributed by atoms with Crippen LogP contribution in [0.25, 0.3) is 0 Å². The van der Waals surface area contributed by atoms with Crippen molar-refractivity contribution >= 4 is 6.08 Å². The molecule has 1 aromatic rings. The minimum atomic E-state index is -0.276. The lowest BCUT2D eigenvalue weighted by Crippen LogP contribution is -2.31. The number of benzene rings is 1. The topological polar surface area (TPSA) is 38.7 Å². The first-order chi connectivity index (χ1) is 8.30. The summed E-state index contributed by atoms with van der Waals surface area (Å²) in [6.45, 7) is 0.733. The first-order valence-corrected chi connectivity index (χ1v) is 5.98. The Morgan fingerprint density at radius 1 is 1.35 bits per heavy atom. The van der Waals surface area contributed by atoms with Crippen LogP contribution in [0.15, 0.2) is 29.3 Å². The van der Waals surface area contributed by atoms with E-state index in [0.29, 0.717) is 0 Å². The summed E-state index contributed by atoms with van der Waals surface area (Å²) in [6, 6.07) is 8.33. The van der Waals surface area contributed by atoms with E-state index in [-0.39, 0.29) is 5.54 Å². The molecule has 1 saturated carbocycles. The number of aliphatic imine (C=N–C) groups is 1. The van der Waals surface area contributed by atoms with Crippen molar-refractivity contribution < 1.29 is 9.53 Å². The Bertz CT molecular complexity index is 414. The molecule has 0 amide bonds. The van der Waals surface area contributed by atoms with E-state index in [1.807, 2.05) is 0 Å². The number of methoxy groups -OCH3 is 1. The highest BCUT2D eigenvalue weighted by Crippen LogP contribution is 2.44. The molecular weight excluding hydrogens is 214 g/mol. The Kier molecular flexibility index (Phi) is 3.72. The fourth-order valence-corrected chi connectivity index (χ4v) is 2.27. The molecule has 0 aromatic heterocycles. The van der Waals surface area contributed by atoms with Gasteiger partial charge in [-0.3, -0.25) is 0 Å². The van der Waals surface area contributed by atoms with E-state index in [2.05, 4.69) is 29.3 Å². The molecule has 0 heterocycles. The summed E-state index contributed by atoms with van der Waals surface area (Å²) in [7, 11) is 1.70. The lowest BCUT2D eigenvalue weighted by atomic mass is 9.72. The first-order valence-electron chi connectivity index (χ1n) is 5.98. The van der Waals surface area contributed by atoms with Crippen LogP contribution in [0.5, 0.6) is 0 Å². The van der Waals surface area contributed by atoms with Crippen LogP contribution in [-0.2, 0) is 21.5 Å². The summed E-state index contributed by atoms with van der Waals surface area (Å²) in [4.78, 5) is 14.5. The molecule has 90 valence electrons. The summed E-state index contributed by atoms with van der Waals surface area (Å²) in [6.07, 6.45) is 5.68. The van der Waals surface area contributed by atoms with E-state index in [0.717, 1.165) is 37.9 Å². The molecule has 1 fully saturated rings. The zero-order valence-electron chi connectivity index (χ0n) is 10.1. The highest BCUT2D eigenvalue weighted by atomic mass is 16.5. The number of hydrogen-bond donors (Lipinski definition) is 0. The summed E-state index contributed by atoms with van der Waals surface area (Å²) in [5, 5.41) is 0. The van der Waals surface area contributed by atoms with Gasteiger partial charge in [-0.15, -0.1) is 0 Å². The van der Waals surface area contributed by atoms with Gasteiger partial charge in [0.1, 0.15) is 0 Å². The van der Waals surface area contributed by atoms with Crippen LogP contribution in [0.2, 0.25) is 0 Å². The average Bonchev–Trinajstić information content (AvgIpc) is 2.32. The molecule has 0 bridgehead atoms. The Hall–Kier alpha value is -1.44. The number of nitrogens with zero attached hydrogens (tertiary/aromatic N) is 1. The Balaban J connectivity index is 2.14. The minimum absolute atomic E-state index is 0.276. The first kappa shape index (κ1) is 12.0. The van der Waals surface area contributed by atoms with E-state index in [4.69, 9.17) is 4.74 Å². The number of rotatable bonds is 5. The molecule has 3 nitrogen and oxygen atoms in total. The van der Waals surface area contributed by atoms with Crippen LogP contribution in [0, 0.1) is 0 Å². The lowest BCUT2D eigenvalue weighted by Gasteiger charge is -2.37. The third kappa shape index (κ3) is 2.46. The predicted molar refractivity (Wildman–Crippen MR) is 65.7 cm³/mol. The van der Waals surface area contributed by atoms with Crippen LogP contribution in [0.3, 0.4) is 0 Å². The van der Waals surface area contributed by atoms with Crippen molar-refractivity contribution in [3.05, 3.63) is 35.4 Å². The lowest BCUT2D eigenvalue weighted by molar-refractivity contribution is 0.202. The van der Waals surface area contributed by atoms with Crippen molar-refractivity contribution in [3.8, 4) is 0 Å². The van der Waals surface area contributed by atoms with E-state index >= 15 is 0 Å². The summed E-state index contributed by atoms with van der Waals surface area (Å²) in [5.41, 5.74) is 2.11. The molecule has 0 N–H and O–H groups in total. The molecule has 0 spiro atoms. The van der Waals surface area contributed by atoms with Gasteiger partial charge in [-0.2, -0.15) is 4.99 Å². The van der Waals surface area contributed by atoms with Gasteiger partial charge in [0.05, 0.1) is 12.1 Å². The molecule has 1 aliphatic rings.